The Kier molecular flexibility index (Phi) is 4.12. The summed E-state index contributed by atoms with van der Waals surface area (Å²) in [6, 6.07) is 11.3. The van der Waals surface area contributed by atoms with E-state index < -0.39 is 11.7 Å². The number of anilines is 2. The quantitative estimate of drug-likeness (QED) is 0.718. The van der Waals surface area contributed by atoms with Gasteiger partial charge in [-0.1, -0.05) is 12.1 Å². The van der Waals surface area contributed by atoms with Gasteiger partial charge in [-0.25, -0.2) is 9.78 Å². The predicted octanol–water partition coefficient (Wildman–Crippen LogP) is 3.95. The molecule has 1 aromatic carbocycles. The second kappa shape index (κ2) is 6.12. The number of rotatable bonds is 2. The third-order valence-corrected chi connectivity index (χ3v) is 3.75. The lowest BCUT2D eigenvalue weighted by Gasteiger charge is -2.24. The summed E-state index contributed by atoms with van der Waals surface area (Å²) in [6.07, 6.45) is 3.27. The molecule has 2 aromatic heterocycles. The molecular formula is C19H22N4O2. The Hall–Kier alpha value is -3.02. The summed E-state index contributed by atoms with van der Waals surface area (Å²) < 4.78 is 7.37. The van der Waals surface area contributed by atoms with E-state index in [0.29, 0.717) is 5.69 Å². The summed E-state index contributed by atoms with van der Waals surface area (Å²) in [6.45, 7) is 5.53. The molecule has 6 heteroatoms. The monoisotopic (exact) mass is 338 g/mol. The molecule has 2 heterocycles. The molecule has 1 amide bonds. The summed E-state index contributed by atoms with van der Waals surface area (Å²) in [5, 5.41) is 0. The lowest BCUT2D eigenvalue weighted by atomic mass is 10.1. The van der Waals surface area contributed by atoms with Crippen LogP contribution in [-0.2, 0) is 4.74 Å². The van der Waals surface area contributed by atoms with Crippen LogP contribution in [0.15, 0.2) is 48.8 Å². The molecule has 2 N–H and O–H groups in total. The van der Waals surface area contributed by atoms with Crippen molar-refractivity contribution in [3.05, 3.63) is 48.8 Å². The third kappa shape index (κ3) is 3.57. The Balaban J connectivity index is 1.98. The van der Waals surface area contributed by atoms with Crippen LogP contribution >= 0.6 is 0 Å². The van der Waals surface area contributed by atoms with Crippen LogP contribution in [-0.4, -0.2) is 28.1 Å². The van der Waals surface area contributed by atoms with Crippen molar-refractivity contribution in [2.24, 2.45) is 0 Å². The number of nitrogen functional groups attached to an aromatic ring is 1. The van der Waals surface area contributed by atoms with Crippen molar-refractivity contribution in [1.82, 2.24) is 9.38 Å². The van der Waals surface area contributed by atoms with Gasteiger partial charge in [0.1, 0.15) is 11.2 Å². The van der Waals surface area contributed by atoms with E-state index in [1.807, 2.05) is 67.8 Å². The first kappa shape index (κ1) is 16.8. The number of hydrogen-bond acceptors (Lipinski definition) is 4. The van der Waals surface area contributed by atoms with Crippen molar-refractivity contribution in [3.63, 3.8) is 0 Å². The van der Waals surface area contributed by atoms with Crippen molar-refractivity contribution in [2.75, 3.05) is 17.7 Å². The van der Waals surface area contributed by atoms with Gasteiger partial charge < -0.3 is 10.5 Å². The molecular weight excluding hydrogens is 316 g/mol. The van der Waals surface area contributed by atoms with Crippen LogP contribution in [0, 0.1) is 0 Å². The van der Waals surface area contributed by atoms with Crippen LogP contribution < -0.4 is 10.6 Å². The number of nitrogens with zero attached hydrogens (tertiary/aromatic N) is 3. The van der Waals surface area contributed by atoms with E-state index >= 15 is 0 Å². The van der Waals surface area contributed by atoms with Crippen LogP contribution in [0.2, 0.25) is 0 Å². The van der Waals surface area contributed by atoms with Gasteiger partial charge in [-0.15, -0.1) is 0 Å². The van der Waals surface area contributed by atoms with Crippen LogP contribution in [0.4, 0.5) is 16.2 Å². The molecule has 130 valence electrons. The van der Waals surface area contributed by atoms with Crippen molar-refractivity contribution in [3.8, 4) is 11.3 Å². The van der Waals surface area contributed by atoms with Gasteiger partial charge >= 0.3 is 6.09 Å². The minimum Gasteiger partial charge on any atom is -0.443 e. The average Bonchev–Trinajstić information content (AvgIpc) is 2.96. The molecule has 25 heavy (non-hydrogen) atoms. The highest BCUT2D eigenvalue weighted by molar-refractivity contribution is 5.87. The molecule has 0 saturated carbocycles. The van der Waals surface area contributed by atoms with Crippen LogP contribution in [0.1, 0.15) is 20.8 Å². The molecule has 0 aliphatic heterocycles. The van der Waals surface area contributed by atoms with Gasteiger partial charge in [0, 0.05) is 24.5 Å². The van der Waals surface area contributed by atoms with E-state index in [4.69, 9.17) is 10.5 Å². The maximum atomic E-state index is 12.3. The summed E-state index contributed by atoms with van der Waals surface area (Å²) in [5.41, 5.74) is 9.37. The number of carbonyl (C=O) groups excluding carboxylic acids is 1. The highest BCUT2D eigenvalue weighted by atomic mass is 16.6. The lowest BCUT2D eigenvalue weighted by Crippen LogP contribution is -2.34. The molecule has 0 aliphatic rings. The Labute approximate surface area is 146 Å². The fraction of sp³-hybridized carbons (Fsp3) is 0.263. The van der Waals surface area contributed by atoms with Crippen LogP contribution in [0.3, 0.4) is 0 Å². The van der Waals surface area contributed by atoms with Gasteiger partial charge in [0.2, 0.25) is 0 Å². The molecule has 0 unspecified atom stereocenters. The van der Waals surface area contributed by atoms with Crippen LogP contribution in [0.5, 0.6) is 0 Å². The number of aromatic nitrogens is 2. The van der Waals surface area contributed by atoms with Crippen molar-refractivity contribution in [1.29, 1.82) is 0 Å². The molecule has 3 rings (SSSR count). The number of hydrogen-bond donors (Lipinski definition) is 1. The van der Waals surface area contributed by atoms with Gasteiger partial charge in [0.15, 0.2) is 0 Å². The number of imidazole rings is 1. The standard InChI is InChI=1S/C19H22N4O2/c1-19(2,3)25-18(24)22(4)15-9-10-17-21-11-16(23(17)12-15)13-5-7-14(20)8-6-13/h5-12H,20H2,1-4H3. The van der Waals surface area contributed by atoms with Gasteiger partial charge in [-0.05, 0) is 45.0 Å². The summed E-state index contributed by atoms with van der Waals surface area (Å²) in [5.74, 6) is 0. The molecule has 0 radical (unpaired) electrons. The lowest BCUT2D eigenvalue weighted by molar-refractivity contribution is 0.0589. The Morgan fingerprint density at radius 3 is 2.48 bits per heavy atom. The van der Waals surface area contributed by atoms with E-state index in [2.05, 4.69) is 4.98 Å². The SMILES string of the molecule is CN(C(=O)OC(C)(C)C)c1ccc2ncc(-c3ccc(N)cc3)n2c1. The van der Waals surface area contributed by atoms with E-state index in [-0.39, 0.29) is 0 Å². The normalized spacial score (nSPS) is 11.5. The smallest absolute Gasteiger partial charge is 0.414 e. The van der Waals surface area contributed by atoms with E-state index in [0.717, 1.165) is 22.6 Å². The Bertz CT molecular complexity index is 907. The first-order valence-electron chi connectivity index (χ1n) is 8.04. The fourth-order valence-corrected chi connectivity index (χ4v) is 2.47. The second-order valence-electron chi connectivity index (χ2n) is 6.92. The van der Waals surface area contributed by atoms with Gasteiger partial charge in [0.05, 0.1) is 17.6 Å². The van der Waals surface area contributed by atoms with E-state index in [1.165, 1.54) is 4.90 Å². The highest BCUT2D eigenvalue weighted by Crippen LogP contribution is 2.25. The number of nitrogens with two attached hydrogens (primary N) is 1. The Morgan fingerprint density at radius 2 is 1.84 bits per heavy atom. The molecule has 0 atom stereocenters. The number of fused-ring (bicyclic) bond motifs is 1. The third-order valence-electron chi connectivity index (χ3n) is 3.75. The zero-order chi connectivity index (χ0) is 18.2. The maximum absolute atomic E-state index is 12.3. The number of ether oxygens (including phenoxy) is 1. The molecule has 0 saturated heterocycles. The molecule has 0 aliphatic carbocycles. The van der Waals surface area contributed by atoms with Gasteiger partial charge in [0.25, 0.3) is 0 Å². The number of amides is 1. The summed E-state index contributed by atoms with van der Waals surface area (Å²) in [7, 11) is 1.69. The number of pyridine rings is 1. The van der Waals surface area contributed by atoms with E-state index in [1.54, 1.807) is 13.2 Å². The maximum Gasteiger partial charge on any atom is 0.414 e. The summed E-state index contributed by atoms with van der Waals surface area (Å²) in [4.78, 5) is 18.2. The molecule has 3 aromatic rings. The topological polar surface area (TPSA) is 72.9 Å². The largest absolute Gasteiger partial charge is 0.443 e. The first-order valence-corrected chi connectivity index (χ1v) is 8.04. The van der Waals surface area contributed by atoms with Crippen LogP contribution in [0.25, 0.3) is 16.9 Å². The molecule has 6 nitrogen and oxygen atoms in total. The zero-order valence-electron chi connectivity index (χ0n) is 14.9. The molecule has 0 fully saturated rings. The average molecular weight is 338 g/mol. The molecule has 0 bridgehead atoms. The number of benzene rings is 1. The van der Waals surface area contributed by atoms with Crippen molar-refractivity contribution in [2.45, 2.75) is 26.4 Å². The molecule has 0 spiro atoms. The van der Waals surface area contributed by atoms with Crippen molar-refractivity contribution >= 4 is 23.1 Å². The predicted molar refractivity (Wildman–Crippen MR) is 99.7 cm³/mol. The minimum absolute atomic E-state index is 0.402. The Morgan fingerprint density at radius 1 is 1.16 bits per heavy atom. The van der Waals surface area contributed by atoms with E-state index in [9.17, 15) is 4.79 Å². The summed E-state index contributed by atoms with van der Waals surface area (Å²) >= 11 is 0. The fourth-order valence-electron chi connectivity index (χ4n) is 2.47. The van der Waals surface area contributed by atoms with Gasteiger partial charge in [-0.3, -0.25) is 9.30 Å². The second-order valence-corrected chi connectivity index (χ2v) is 6.92. The van der Waals surface area contributed by atoms with Crippen molar-refractivity contribution < 1.29 is 9.53 Å². The first-order chi connectivity index (χ1) is 11.7. The van der Waals surface area contributed by atoms with Gasteiger partial charge in [-0.2, -0.15) is 0 Å². The number of carbonyl (C=O) groups is 1. The minimum atomic E-state index is -0.542. The highest BCUT2D eigenvalue weighted by Gasteiger charge is 2.21. The zero-order valence-corrected chi connectivity index (χ0v) is 14.9.